The first kappa shape index (κ1) is 13.8. The topological polar surface area (TPSA) is 89.1 Å². The van der Waals surface area contributed by atoms with Crippen molar-refractivity contribution in [2.45, 2.75) is 10.9 Å². The Labute approximate surface area is 127 Å². The van der Waals surface area contributed by atoms with Gasteiger partial charge in [0.25, 0.3) is 0 Å². The molecule has 0 spiro atoms. The maximum Gasteiger partial charge on any atom is 0.358 e. The highest BCUT2D eigenvalue weighted by molar-refractivity contribution is 7.98. The van der Waals surface area contributed by atoms with E-state index in [0.717, 1.165) is 10.6 Å². The van der Waals surface area contributed by atoms with Gasteiger partial charge in [0, 0.05) is 12.3 Å². The van der Waals surface area contributed by atoms with Crippen LogP contribution in [0.3, 0.4) is 0 Å². The van der Waals surface area contributed by atoms with Crippen molar-refractivity contribution in [3.8, 4) is 10.6 Å². The molecule has 0 aliphatic rings. The number of aromatic carboxylic acids is 1. The number of carboxylic acid groups (broad SMARTS) is 1. The molecule has 21 heavy (non-hydrogen) atoms. The Morgan fingerprint density at radius 2 is 2.33 bits per heavy atom. The number of hydrogen-bond acceptors (Lipinski definition) is 7. The third-order valence-corrected chi connectivity index (χ3v) is 4.30. The second-order valence-corrected chi connectivity index (χ2v) is 5.86. The Bertz CT molecular complexity index is 756. The van der Waals surface area contributed by atoms with Crippen LogP contribution in [0.25, 0.3) is 10.6 Å². The molecule has 8 heteroatoms. The van der Waals surface area contributed by atoms with Crippen molar-refractivity contribution in [2.75, 3.05) is 0 Å². The molecule has 0 amide bonds. The van der Waals surface area contributed by atoms with E-state index >= 15 is 0 Å². The van der Waals surface area contributed by atoms with Crippen LogP contribution in [0.2, 0.25) is 0 Å². The van der Waals surface area contributed by atoms with Gasteiger partial charge < -0.3 is 9.63 Å². The predicted octanol–water partition coefficient (Wildman–Crippen LogP) is 3.18. The molecule has 0 saturated carbocycles. The lowest BCUT2D eigenvalue weighted by atomic mass is 10.3. The standard InChI is InChI=1S/C13H9N3O3S2/c17-12(18)10-6-8(19-16-10)7-21-13-14-4-3-9(15-13)11-2-1-5-20-11/h1-6H,7H2,(H,17,18). The Morgan fingerprint density at radius 1 is 1.43 bits per heavy atom. The first-order valence-electron chi connectivity index (χ1n) is 5.91. The van der Waals surface area contributed by atoms with Crippen LogP contribution in [-0.2, 0) is 5.75 Å². The Kier molecular flexibility index (Phi) is 3.98. The molecule has 0 fully saturated rings. The van der Waals surface area contributed by atoms with Crippen LogP contribution in [0.15, 0.2) is 45.5 Å². The van der Waals surface area contributed by atoms with E-state index in [0.29, 0.717) is 16.7 Å². The third kappa shape index (κ3) is 3.29. The third-order valence-electron chi connectivity index (χ3n) is 2.53. The number of hydrogen-bond donors (Lipinski definition) is 1. The highest BCUT2D eigenvalue weighted by atomic mass is 32.2. The molecule has 3 rings (SSSR count). The molecule has 0 radical (unpaired) electrons. The number of aromatic nitrogens is 3. The van der Waals surface area contributed by atoms with E-state index in [1.165, 1.54) is 17.8 Å². The maximum atomic E-state index is 10.7. The number of thiophene rings is 1. The fraction of sp³-hybridized carbons (Fsp3) is 0.0769. The van der Waals surface area contributed by atoms with E-state index in [2.05, 4.69) is 15.1 Å². The molecule has 0 aromatic carbocycles. The van der Waals surface area contributed by atoms with Crippen molar-refractivity contribution in [3.05, 3.63) is 47.3 Å². The van der Waals surface area contributed by atoms with Gasteiger partial charge >= 0.3 is 5.97 Å². The Balaban J connectivity index is 1.70. The summed E-state index contributed by atoms with van der Waals surface area (Å²) in [6, 6.07) is 7.22. The van der Waals surface area contributed by atoms with E-state index in [4.69, 9.17) is 9.63 Å². The largest absolute Gasteiger partial charge is 0.476 e. The second-order valence-electron chi connectivity index (χ2n) is 3.97. The number of carbonyl (C=O) groups is 1. The molecule has 0 aliphatic heterocycles. The summed E-state index contributed by atoms with van der Waals surface area (Å²) < 4.78 is 4.94. The van der Waals surface area contributed by atoms with Crippen LogP contribution >= 0.6 is 23.1 Å². The van der Waals surface area contributed by atoms with E-state index in [9.17, 15) is 4.79 Å². The lowest BCUT2D eigenvalue weighted by molar-refractivity contribution is 0.0685. The molecule has 3 aromatic heterocycles. The molecule has 1 N–H and O–H groups in total. The molecular formula is C13H9N3O3S2. The second kappa shape index (κ2) is 6.06. The summed E-state index contributed by atoms with van der Waals surface area (Å²) in [6.07, 6.45) is 1.70. The fourth-order valence-corrected chi connectivity index (χ4v) is 2.99. The van der Waals surface area contributed by atoms with Crippen LogP contribution < -0.4 is 0 Å². The van der Waals surface area contributed by atoms with Gasteiger partial charge in [-0.25, -0.2) is 14.8 Å². The summed E-state index contributed by atoms with van der Waals surface area (Å²) in [5.74, 6) is -0.206. The predicted molar refractivity (Wildman–Crippen MR) is 78.4 cm³/mol. The zero-order valence-electron chi connectivity index (χ0n) is 10.6. The van der Waals surface area contributed by atoms with E-state index in [1.807, 2.05) is 23.6 Å². The molecular weight excluding hydrogens is 310 g/mol. The molecule has 6 nitrogen and oxygen atoms in total. The number of carboxylic acids is 1. The molecule has 0 aliphatic carbocycles. The Morgan fingerprint density at radius 3 is 3.05 bits per heavy atom. The lowest BCUT2D eigenvalue weighted by Crippen LogP contribution is -1.94. The molecule has 3 heterocycles. The van der Waals surface area contributed by atoms with Crippen molar-refractivity contribution >= 4 is 29.1 Å². The van der Waals surface area contributed by atoms with Gasteiger partial charge in [-0.05, 0) is 17.5 Å². The van der Waals surface area contributed by atoms with Gasteiger partial charge in [-0.1, -0.05) is 23.0 Å². The van der Waals surface area contributed by atoms with E-state index in [1.54, 1.807) is 17.5 Å². The van der Waals surface area contributed by atoms with Crippen molar-refractivity contribution < 1.29 is 14.4 Å². The number of thioether (sulfide) groups is 1. The van der Waals surface area contributed by atoms with Crippen molar-refractivity contribution in [1.29, 1.82) is 0 Å². The molecule has 106 valence electrons. The van der Waals surface area contributed by atoms with Crippen molar-refractivity contribution in [2.24, 2.45) is 0 Å². The number of nitrogens with zero attached hydrogens (tertiary/aromatic N) is 3. The monoisotopic (exact) mass is 319 g/mol. The van der Waals surface area contributed by atoms with E-state index in [-0.39, 0.29) is 5.69 Å². The molecule has 3 aromatic rings. The summed E-state index contributed by atoms with van der Waals surface area (Å²) in [6.45, 7) is 0. The quantitative estimate of drug-likeness (QED) is 0.570. The van der Waals surface area contributed by atoms with Gasteiger partial charge in [0.05, 0.1) is 16.3 Å². The summed E-state index contributed by atoms with van der Waals surface area (Å²) in [5, 5.41) is 14.8. The van der Waals surface area contributed by atoms with Crippen LogP contribution in [-0.4, -0.2) is 26.2 Å². The van der Waals surface area contributed by atoms with Crippen LogP contribution in [0.5, 0.6) is 0 Å². The minimum absolute atomic E-state index is 0.0983. The van der Waals surface area contributed by atoms with Crippen LogP contribution in [0.1, 0.15) is 16.2 Å². The minimum Gasteiger partial charge on any atom is -0.476 e. The van der Waals surface area contributed by atoms with E-state index < -0.39 is 5.97 Å². The summed E-state index contributed by atoms with van der Waals surface area (Å²) >= 11 is 2.98. The van der Waals surface area contributed by atoms with Gasteiger partial charge in [-0.15, -0.1) is 11.3 Å². The summed E-state index contributed by atoms with van der Waals surface area (Å²) in [7, 11) is 0. The summed E-state index contributed by atoms with van der Waals surface area (Å²) in [4.78, 5) is 20.4. The van der Waals surface area contributed by atoms with Gasteiger partial charge in [0.1, 0.15) is 5.76 Å². The zero-order chi connectivity index (χ0) is 14.7. The molecule has 0 bridgehead atoms. The highest BCUT2D eigenvalue weighted by Crippen LogP contribution is 2.25. The van der Waals surface area contributed by atoms with Crippen LogP contribution in [0, 0.1) is 0 Å². The van der Waals surface area contributed by atoms with Gasteiger partial charge in [0.15, 0.2) is 10.9 Å². The fourth-order valence-electron chi connectivity index (χ4n) is 1.59. The SMILES string of the molecule is O=C(O)c1cc(CSc2nccc(-c3cccs3)n2)on1. The lowest BCUT2D eigenvalue weighted by Gasteiger charge is -2.00. The summed E-state index contributed by atoms with van der Waals surface area (Å²) in [5.41, 5.74) is 0.769. The average molecular weight is 319 g/mol. The van der Waals surface area contributed by atoms with Crippen LogP contribution in [0.4, 0.5) is 0 Å². The minimum atomic E-state index is -1.11. The molecule has 0 unspecified atom stereocenters. The Hall–Kier alpha value is -2.19. The first-order chi connectivity index (χ1) is 10.2. The van der Waals surface area contributed by atoms with Crippen molar-refractivity contribution in [1.82, 2.24) is 15.1 Å². The number of rotatable bonds is 5. The molecule has 0 atom stereocenters. The highest BCUT2D eigenvalue weighted by Gasteiger charge is 2.11. The average Bonchev–Trinajstić information content (AvgIpc) is 3.17. The first-order valence-corrected chi connectivity index (χ1v) is 7.77. The van der Waals surface area contributed by atoms with Gasteiger partial charge in [0.2, 0.25) is 0 Å². The smallest absolute Gasteiger partial charge is 0.358 e. The normalized spacial score (nSPS) is 10.7. The van der Waals surface area contributed by atoms with Crippen molar-refractivity contribution in [3.63, 3.8) is 0 Å². The zero-order valence-corrected chi connectivity index (χ0v) is 12.2. The van der Waals surface area contributed by atoms with Gasteiger partial charge in [-0.2, -0.15) is 0 Å². The van der Waals surface area contributed by atoms with Gasteiger partial charge in [-0.3, -0.25) is 0 Å². The maximum absolute atomic E-state index is 10.7. The molecule has 0 saturated heterocycles.